The van der Waals surface area contributed by atoms with Crippen LogP contribution in [0.2, 0.25) is 0 Å². The van der Waals surface area contributed by atoms with Gasteiger partial charge >= 0.3 is 5.97 Å². The number of carboxylic acid groups (broad SMARTS) is 1. The molecule has 5 nitrogen and oxygen atoms in total. The molecule has 0 unspecified atom stereocenters. The normalized spacial score (nSPS) is 15.9. The number of ether oxygens (including phenoxy) is 1. The summed E-state index contributed by atoms with van der Waals surface area (Å²) in [5.41, 5.74) is 0.511. The number of aliphatic carboxylic acids is 1. The fraction of sp³-hybridized carbons (Fsp3) is 0.500. The van der Waals surface area contributed by atoms with Gasteiger partial charge < -0.3 is 14.7 Å². The van der Waals surface area contributed by atoms with Gasteiger partial charge in [-0.3, -0.25) is 9.59 Å². The van der Waals surface area contributed by atoms with Crippen molar-refractivity contribution >= 4 is 27.8 Å². The maximum atomic E-state index is 12.7. The average molecular weight is 370 g/mol. The van der Waals surface area contributed by atoms with Gasteiger partial charge in [0.15, 0.2) is 0 Å². The zero-order chi connectivity index (χ0) is 16.3. The molecule has 1 aliphatic rings. The van der Waals surface area contributed by atoms with Crippen molar-refractivity contribution in [2.24, 2.45) is 5.92 Å². The van der Waals surface area contributed by atoms with Gasteiger partial charge in [0, 0.05) is 17.6 Å². The summed E-state index contributed by atoms with van der Waals surface area (Å²) < 4.78 is 6.52. The second-order valence-electron chi connectivity index (χ2n) is 5.71. The van der Waals surface area contributed by atoms with Gasteiger partial charge in [-0.1, -0.05) is 15.9 Å². The molecule has 1 fully saturated rings. The number of amides is 1. The van der Waals surface area contributed by atoms with Crippen molar-refractivity contribution in [2.75, 3.05) is 13.1 Å². The Balaban J connectivity index is 2.15. The van der Waals surface area contributed by atoms with Crippen molar-refractivity contribution in [3.8, 4) is 5.75 Å². The standard InChI is InChI=1S/C16H20BrNO4/c1-10(2)22-14-4-3-12(17)9-13(14)15(19)18-7-5-11(6-8-18)16(20)21/h3-4,9-11H,5-8H2,1-2H3,(H,20,21). The van der Waals surface area contributed by atoms with E-state index < -0.39 is 5.97 Å². The summed E-state index contributed by atoms with van der Waals surface area (Å²) in [5.74, 6) is -0.680. The highest BCUT2D eigenvalue weighted by Crippen LogP contribution is 2.27. The number of piperidine rings is 1. The van der Waals surface area contributed by atoms with Gasteiger partial charge in [-0.2, -0.15) is 0 Å². The maximum absolute atomic E-state index is 12.7. The van der Waals surface area contributed by atoms with Crippen LogP contribution in [0.5, 0.6) is 5.75 Å². The Kier molecular flexibility index (Phi) is 5.45. The van der Waals surface area contributed by atoms with Crippen LogP contribution in [0.3, 0.4) is 0 Å². The molecule has 22 heavy (non-hydrogen) atoms. The van der Waals surface area contributed by atoms with Crippen LogP contribution in [0.1, 0.15) is 37.0 Å². The molecule has 1 N–H and O–H groups in total. The number of halogens is 1. The van der Waals surface area contributed by atoms with E-state index in [1.807, 2.05) is 19.9 Å². The number of carbonyl (C=O) groups is 2. The summed E-state index contributed by atoms with van der Waals surface area (Å²) in [6.07, 6.45) is 0.968. The molecule has 0 bridgehead atoms. The van der Waals surface area contributed by atoms with E-state index in [0.717, 1.165) is 4.47 Å². The van der Waals surface area contributed by atoms with Gasteiger partial charge in [-0.05, 0) is 44.9 Å². The van der Waals surface area contributed by atoms with Crippen molar-refractivity contribution in [3.63, 3.8) is 0 Å². The lowest BCUT2D eigenvalue weighted by atomic mass is 9.96. The van der Waals surface area contributed by atoms with Crippen molar-refractivity contribution < 1.29 is 19.4 Å². The van der Waals surface area contributed by atoms with Crippen LogP contribution in [-0.4, -0.2) is 41.1 Å². The number of hydrogen-bond donors (Lipinski definition) is 1. The minimum Gasteiger partial charge on any atom is -0.490 e. The predicted octanol–water partition coefficient (Wildman–Crippen LogP) is 3.17. The Labute approximate surface area is 138 Å². The van der Waals surface area contributed by atoms with Crippen LogP contribution in [0.4, 0.5) is 0 Å². The van der Waals surface area contributed by atoms with Gasteiger partial charge in [-0.15, -0.1) is 0 Å². The molecule has 0 saturated carbocycles. The highest BCUT2D eigenvalue weighted by atomic mass is 79.9. The van der Waals surface area contributed by atoms with E-state index in [-0.39, 0.29) is 17.9 Å². The number of likely N-dealkylation sites (tertiary alicyclic amines) is 1. The molecule has 1 aromatic rings. The van der Waals surface area contributed by atoms with Crippen LogP contribution >= 0.6 is 15.9 Å². The molecule has 6 heteroatoms. The van der Waals surface area contributed by atoms with E-state index >= 15 is 0 Å². The van der Waals surface area contributed by atoms with Gasteiger partial charge in [-0.25, -0.2) is 0 Å². The minimum absolute atomic E-state index is 0.0227. The predicted molar refractivity (Wildman–Crippen MR) is 86.2 cm³/mol. The fourth-order valence-electron chi connectivity index (χ4n) is 2.53. The van der Waals surface area contributed by atoms with Crippen LogP contribution in [0.25, 0.3) is 0 Å². The van der Waals surface area contributed by atoms with Gasteiger partial charge in [0.25, 0.3) is 5.91 Å². The first kappa shape index (κ1) is 16.8. The zero-order valence-electron chi connectivity index (χ0n) is 12.7. The second-order valence-corrected chi connectivity index (χ2v) is 6.63. The third-order valence-electron chi connectivity index (χ3n) is 3.67. The topological polar surface area (TPSA) is 66.8 Å². The van der Waals surface area contributed by atoms with E-state index in [1.165, 1.54) is 0 Å². The summed E-state index contributed by atoms with van der Waals surface area (Å²) in [7, 11) is 0. The SMILES string of the molecule is CC(C)Oc1ccc(Br)cc1C(=O)N1CCC(C(=O)O)CC1. The van der Waals surface area contributed by atoms with Gasteiger partial charge in [0.2, 0.25) is 0 Å². The summed E-state index contributed by atoms with van der Waals surface area (Å²) in [6, 6.07) is 5.37. The van der Waals surface area contributed by atoms with Crippen molar-refractivity contribution in [1.29, 1.82) is 0 Å². The first-order chi connectivity index (χ1) is 10.4. The van der Waals surface area contributed by atoms with Gasteiger partial charge in [0.05, 0.1) is 17.6 Å². The highest BCUT2D eigenvalue weighted by Gasteiger charge is 2.28. The lowest BCUT2D eigenvalue weighted by molar-refractivity contribution is -0.143. The van der Waals surface area contributed by atoms with Crippen molar-refractivity contribution in [2.45, 2.75) is 32.8 Å². The zero-order valence-corrected chi connectivity index (χ0v) is 14.3. The first-order valence-corrected chi connectivity index (χ1v) is 8.16. The van der Waals surface area contributed by atoms with Crippen LogP contribution in [0.15, 0.2) is 22.7 Å². The Bertz CT molecular complexity index is 565. The van der Waals surface area contributed by atoms with E-state index in [4.69, 9.17) is 9.84 Å². The van der Waals surface area contributed by atoms with Gasteiger partial charge in [0.1, 0.15) is 5.75 Å². The quantitative estimate of drug-likeness (QED) is 0.884. The third kappa shape index (κ3) is 4.00. The molecule has 0 atom stereocenters. The minimum atomic E-state index is -0.779. The van der Waals surface area contributed by atoms with Crippen LogP contribution in [-0.2, 0) is 4.79 Å². The second kappa shape index (κ2) is 7.13. The molecule has 1 amide bonds. The Morgan fingerprint density at radius 2 is 1.95 bits per heavy atom. The average Bonchev–Trinajstić information content (AvgIpc) is 2.48. The number of rotatable bonds is 4. The summed E-state index contributed by atoms with van der Waals surface area (Å²) in [5, 5.41) is 9.03. The molecule has 1 aromatic carbocycles. The highest BCUT2D eigenvalue weighted by molar-refractivity contribution is 9.10. The number of hydrogen-bond acceptors (Lipinski definition) is 3. The van der Waals surface area contributed by atoms with Crippen LogP contribution in [0, 0.1) is 5.92 Å². The number of carbonyl (C=O) groups excluding carboxylic acids is 1. The number of benzene rings is 1. The molecule has 0 aliphatic carbocycles. The molecule has 1 saturated heterocycles. The summed E-state index contributed by atoms with van der Waals surface area (Å²) >= 11 is 3.38. The summed E-state index contributed by atoms with van der Waals surface area (Å²) in [4.78, 5) is 25.4. The van der Waals surface area contributed by atoms with Crippen LogP contribution < -0.4 is 4.74 Å². The Morgan fingerprint density at radius 3 is 2.50 bits per heavy atom. The molecule has 2 rings (SSSR count). The third-order valence-corrected chi connectivity index (χ3v) is 4.16. The monoisotopic (exact) mass is 369 g/mol. The van der Waals surface area contributed by atoms with Crippen molar-refractivity contribution in [1.82, 2.24) is 4.90 Å². The fourth-order valence-corrected chi connectivity index (χ4v) is 2.89. The van der Waals surface area contributed by atoms with E-state index in [0.29, 0.717) is 37.2 Å². The number of nitrogens with zero attached hydrogens (tertiary/aromatic N) is 1. The molecule has 120 valence electrons. The molecular formula is C16H20BrNO4. The maximum Gasteiger partial charge on any atom is 0.306 e. The Morgan fingerprint density at radius 1 is 1.32 bits per heavy atom. The Hall–Kier alpha value is -1.56. The molecule has 0 spiro atoms. The molecule has 0 aromatic heterocycles. The van der Waals surface area contributed by atoms with E-state index in [9.17, 15) is 9.59 Å². The first-order valence-electron chi connectivity index (χ1n) is 7.36. The molecule has 1 aliphatic heterocycles. The van der Waals surface area contributed by atoms with E-state index in [1.54, 1.807) is 17.0 Å². The van der Waals surface area contributed by atoms with E-state index in [2.05, 4.69) is 15.9 Å². The lowest BCUT2D eigenvalue weighted by Gasteiger charge is -2.30. The molecule has 1 heterocycles. The number of carboxylic acids is 1. The smallest absolute Gasteiger partial charge is 0.306 e. The van der Waals surface area contributed by atoms with Crippen molar-refractivity contribution in [3.05, 3.63) is 28.2 Å². The molecular weight excluding hydrogens is 350 g/mol. The summed E-state index contributed by atoms with van der Waals surface area (Å²) in [6.45, 7) is 4.75. The largest absolute Gasteiger partial charge is 0.490 e. The molecule has 0 radical (unpaired) electrons. The lowest BCUT2D eigenvalue weighted by Crippen LogP contribution is -2.40.